The first kappa shape index (κ1) is 20.7. The first-order chi connectivity index (χ1) is 13.2. The molecule has 10 atom stereocenters. The molecule has 0 spiro atoms. The number of carboxylic acid groups (broad SMARTS) is 1. The van der Waals surface area contributed by atoms with Gasteiger partial charge in [-0.15, -0.1) is 0 Å². The highest BCUT2D eigenvalue weighted by molar-refractivity contribution is 5.64. The SMILES string of the molecule is C[C@H](CCC(=O)[O-])[C@@H]1CC[C@H]2[C@H]3CC[C@H]4C[C@@H](O)CC[C@]4(C)[C@@H]3C[C@@H](O)[C@@]21C. The normalized spacial score (nSPS) is 51.7. The third-order valence-corrected chi connectivity index (χ3v) is 10.3. The van der Waals surface area contributed by atoms with Gasteiger partial charge >= 0.3 is 0 Å². The lowest BCUT2D eigenvalue weighted by molar-refractivity contribution is -0.306. The number of aliphatic hydroxyl groups excluding tert-OH is 2. The molecule has 28 heavy (non-hydrogen) atoms. The second kappa shape index (κ2) is 7.27. The highest BCUT2D eigenvalue weighted by Crippen LogP contribution is 2.68. The summed E-state index contributed by atoms with van der Waals surface area (Å²) in [5, 5.41) is 32.6. The van der Waals surface area contributed by atoms with E-state index in [4.69, 9.17) is 0 Å². The van der Waals surface area contributed by atoms with Crippen molar-refractivity contribution >= 4 is 5.97 Å². The molecule has 0 unspecified atom stereocenters. The van der Waals surface area contributed by atoms with Crippen LogP contribution >= 0.6 is 0 Å². The summed E-state index contributed by atoms with van der Waals surface area (Å²) < 4.78 is 0. The van der Waals surface area contributed by atoms with E-state index in [1.54, 1.807) is 0 Å². The summed E-state index contributed by atoms with van der Waals surface area (Å²) in [7, 11) is 0. The largest absolute Gasteiger partial charge is 0.550 e. The van der Waals surface area contributed by atoms with Crippen LogP contribution in [-0.4, -0.2) is 28.4 Å². The van der Waals surface area contributed by atoms with Crippen molar-refractivity contribution in [3.05, 3.63) is 0 Å². The minimum absolute atomic E-state index is 0.0795. The number of carbonyl (C=O) groups is 1. The second-order valence-electron chi connectivity index (χ2n) is 11.3. The van der Waals surface area contributed by atoms with E-state index in [1.165, 1.54) is 19.3 Å². The molecule has 0 aromatic carbocycles. The van der Waals surface area contributed by atoms with Gasteiger partial charge in [-0.3, -0.25) is 0 Å². The van der Waals surface area contributed by atoms with Crippen molar-refractivity contribution in [1.82, 2.24) is 0 Å². The van der Waals surface area contributed by atoms with Crippen molar-refractivity contribution in [2.75, 3.05) is 0 Å². The Morgan fingerprint density at radius 1 is 1.07 bits per heavy atom. The Morgan fingerprint density at radius 3 is 2.54 bits per heavy atom. The van der Waals surface area contributed by atoms with E-state index in [0.29, 0.717) is 41.9 Å². The molecule has 0 aromatic heterocycles. The Labute approximate surface area is 170 Å². The van der Waals surface area contributed by atoms with Crippen LogP contribution in [0.4, 0.5) is 0 Å². The molecule has 0 saturated heterocycles. The summed E-state index contributed by atoms with van der Waals surface area (Å²) in [5.74, 6) is 2.19. The quantitative estimate of drug-likeness (QED) is 0.771. The molecule has 2 N–H and O–H groups in total. The topological polar surface area (TPSA) is 80.6 Å². The minimum Gasteiger partial charge on any atom is -0.550 e. The molecule has 4 fully saturated rings. The van der Waals surface area contributed by atoms with Gasteiger partial charge in [0.15, 0.2) is 0 Å². The van der Waals surface area contributed by atoms with E-state index >= 15 is 0 Å². The van der Waals surface area contributed by atoms with Gasteiger partial charge in [-0.25, -0.2) is 0 Å². The fourth-order valence-electron chi connectivity index (χ4n) is 8.71. The van der Waals surface area contributed by atoms with E-state index in [1.807, 2.05) is 0 Å². The highest BCUT2D eigenvalue weighted by Gasteiger charge is 2.63. The molecule has 160 valence electrons. The van der Waals surface area contributed by atoms with Crippen molar-refractivity contribution in [2.24, 2.45) is 46.3 Å². The van der Waals surface area contributed by atoms with E-state index in [2.05, 4.69) is 20.8 Å². The molecular formula is C24H39O4-. The summed E-state index contributed by atoms with van der Waals surface area (Å²) in [6.45, 7) is 6.94. The lowest BCUT2D eigenvalue weighted by Gasteiger charge is -2.62. The van der Waals surface area contributed by atoms with Crippen LogP contribution in [-0.2, 0) is 4.79 Å². The van der Waals surface area contributed by atoms with Crippen LogP contribution < -0.4 is 5.11 Å². The number of fused-ring (bicyclic) bond motifs is 5. The van der Waals surface area contributed by atoms with Crippen LogP contribution in [0.5, 0.6) is 0 Å². The maximum absolute atomic E-state index is 11.5. The zero-order valence-electron chi connectivity index (χ0n) is 17.9. The minimum atomic E-state index is -0.957. The Kier molecular flexibility index (Phi) is 5.36. The van der Waals surface area contributed by atoms with Crippen LogP contribution in [0, 0.1) is 46.3 Å². The van der Waals surface area contributed by atoms with Gasteiger partial charge in [0.05, 0.1) is 12.2 Å². The molecule has 0 aliphatic heterocycles. The van der Waals surface area contributed by atoms with Gasteiger partial charge in [-0.1, -0.05) is 20.8 Å². The van der Waals surface area contributed by atoms with Gasteiger partial charge in [-0.2, -0.15) is 0 Å². The number of rotatable bonds is 4. The fraction of sp³-hybridized carbons (Fsp3) is 0.958. The van der Waals surface area contributed by atoms with Gasteiger partial charge < -0.3 is 20.1 Å². The van der Waals surface area contributed by atoms with Crippen LogP contribution in [0.3, 0.4) is 0 Å². The number of aliphatic hydroxyl groups is 2. The third-order valence-electron chi connectivity index (χ3n) is 10.3. The van der Waals surface area contributed by atoms with Crippen LogP contribution in [0.1, 0.15) is 85.0 Å². The summed E-state index contributed by atoms with van der Waals surface area (Å²) in [4.78, 5) is 10.9. The summed E-state index contributed by atoms with van der Waals surface area (Å²) in [6, 6.07) is 0. The van der Waals surface area contributed by atoms with Crippen molar-refractivity contribution < 1.29 is 20.1 Å². The fourth-order valence-corrected chi connectivity index (χ4v) is 8.71. The molecule has 0 aromatic rings. The average molecular weight is 392 g/mol. The Morgan fingerprint density at radius 2 is 1.82 bits per heavy atom. The Hall–Kier alpha value is -0.610. The van der Waals surface area contributed by atoms with Gasteiger partial charge in [0.2, 0.25) is 0 Å². The number of hydrogen-bond donors (Lipinski definition) is 2. The summed E-state index contributed by atoms with van der Waals surface area (Å²) in [6.07, 6.45) is 8.98. The lowest BCUT2D eigenvalue weighted by atomic mass is 9.43. The second-order valence-corrected chi connectivity index (χ2v) is 11.3. The lowest BCUT2D eigenvalue weighted by Crippen LogP contribution is -2.58. The van der Waals surface area contributed by atoms with Gasteiger partial charge in [0.25, 0.3) is 0 Å². The number of aliphatic carboxylic acids is 1. The number of carboxylic acids is 1. The van der Waals surface area contributed by atoms with Crippen molar-refractivity contribution in [3.63, 3.8) is 0 Å². The summed E-state index contributed by atoms with van der Waals surface area (Å²) >= 11 is 0. The standard InChI is InChI=1S/C24H40O4/c1-14(4-9-22(27)28)18-7-8-19-17-6-5-15-12-16(25)10-11-23(15,2)20(17)13-21(26)24(18,19)3/h14-21,25-26H,4-13H2,1-3H3,(H,27,28)/p-1/t14-,15+,16+,17-,18+,19+,20-,21-,23+,24-/m1/s1. The molecule has 4 heteroatoms. The Bertz CT molecular complexity index is 605. The molecule has 4 aliphatic carbocycles. The molecule has 4 aliphatic rings. The van der Waals surface area contributed by atoms with E-state index in [0.717, 1.165) is 32.1 Å². The molecule has 0 radical (unpaired) electrons. The zero-order chi connectivity index (χ0) is 20.3. The monoisotopic (exact) mass is 391 g/mol. The van der Waals surface area contributed by atoms with E-state index < -0.39 is 5.97 Å². The van der Waals surface area contributed by atoms with Crippen molar-refractivity contribution in [3.8, 4) is 0 Å². The third kappa shape index (κ3) is 3.05. The summed E-state index contributed by atoms with van der Waals surface area (Å²) in [5.41, 5.74) is 0.188. The molecule has 4 nitrogen and oxygen atoms in total. The molecular weight excluding hydrogens is 352 g/mol. The number of hydrogen-bond acceptors (Lipinski definition) is 4. The number of carbonyl (C=O) groups excluding carboxylic acids is 1. The average Bonchev–Trinajstić information content (AvgIpc) is 3.00. The molecule has 0 bridgehead atoms. The van der Waals surface area contributed by atoms with Crippen molar-refractivity contribution in [2.45, 2.75) is 97.2 Å². The molecule has 4 rings (SSSR count). The van der Waals surface area contributed by atoms with Gasteiger partial charge in [0, 0.05) is 5.97 Å². The highest BCUT2D eigenvalue weighted by atomic mass is 16.4. The van der Waals surface area contributed by atoms with E-state index in [-0.39, 0.29) is 29.5 Å². The zero-order valence-corrected chi connectivity index (χ0v) is 17.9. The maximum atomic E-state index is 11.5. The van der Waals surface area contributed by atoms with Crippen LogP contribution in [0.25, 0.3) is 0 Å². The molecule has 4 saturated carbocycles. The first-order valence-electron chi connectivity index (χ1n) is 11.7. The van der Waals surface area contributed by atoms with Crippen LogP contribution in [0.15, 0.2) is 0 Å². The molecule has 0 amide bonds. The van der Waals surface area contributed by atoms with Gasteiger partial charge in [0.1, 0.15) is 0 Å². The predicted molar refractivity (Wildman–Crippen MR) is 106 cm³/mol. The van der Waals surface area contributed by atoms with Crippen molar-refractivity contribution in [1.29, 1.82) is 0 Å². The smallest absolute Gasteiger partial charge is 0.0602 e. The van der Waals surface area contributed by atoms with E-state index in [9.17, 15) is 20.1 Å². The molecule has 0 heterocycles. The van der Waals surface area contributed by atoms with Gasteiger partial charge in [-0.05, 0) is 111 Å². The maximum Gasteiger partial charge on any atom is 0.0602 e. The Balaban J connectivity index is 1.56. The first-order valence-corrected chi connectivity index (χ1v) is 11.7. The predicted octanol–water partition coefficient (Wildman–Crippen LogP) is 3.14. The van der Waals surface area contributed by atoms with Crippen LogP contribution in [0.2, 0.25) is 0 Å².